The smallest absolute Gasteiger partial charge is 0.326 e. The van der Waals surface area contributed by atoms with Gasteiger partial charge < -0.3 is 33.4 Å². The van der Waals surface area contributed by atoms with E-state index in [1.165, 1.54) is 0 Å². The van der Waals surface area contributed by atoms with Crippen LogP contribution in [0, 0.1) is 0 Å². The Kier molecular flexibility index (Phi) is 9.90. The number of carboxylic acids is 1. The van der Waals surface area contributed by atoms with Gasteiger partial charge in [-0.1, -0.05) is 6.42 Å². The standard InChI is InChI=1S/C12H26N6O3/c13-6-2-1-4-8(14)10(19)18-9(11(20)21)5-3-7-17-12(15)16/h8-9H,1-7,13-14H2,(H,18,19)(H,20,21)(H4,15,16,17)/t8-,9-/m0/s1/i1+1,2+1,3+1,4+1,5+1,6+1,7+1,8+1,9+1,10+1,11+1,12+1,13+1,14+1,15+1,16+1,17+1,18+1. The molecule has 0 aromatic heterocycles. The summed E-state index contributed by atoms with van der Waals surface area (Å²) in [5, 5.41) is 11.5. The number of carbonyl (C=O) groups excluding carboxylic acids is 1. The van der Waals surface area contributed by atoms with Crippen LogP contribution >= 0.6 is 0 Å². The molecule has 0 aliphatic carbocycles. The summed E-state index contributed by atoms with van der Waals surface area (Å²) in [7, 11) is 0. The van der Waals surface area contributed by atoms with E-state index >= 15 is 0 Å². The molecule has 21 heavy (non-hydrogen) atoms. The Labute approximate surface area is 124 Å². The lowest BCUT2D eigenvalue weighted by molar-refractivity contribution is -0.142. The van der Waals surface area contributed by atoms with E-state index in [0.29, 0.717) is 25.9 Å². The first kappa shape index (κ1) is 19.1. The lowest BCUT2D eigenvalue weighted by Crippen LogP contribution is -2.48. The van der Waals surface area contributed by atoms with Crippen molar-refractivity contribution in [2.24, 2.45) is 27.9 Å². The molecule has 0 spiro atoms. The second-order valence-corrected chi connectivity index (χ2v) is 4.74. The number of aliphatic imine (C=N–C) groups is 1. The maximum absolute atomic E-state index is 11.8. The molecule has 122 valence electrons. The largest absolute Gasteiger partial charge is 0.480 e. The summed E-state index contributed by atoms with van der Waals surface area (Å²) in [5.41, 5.74) is 21.4. The second kappa shape index (κ2) is 10.9. The number of nitrogens with zero attached hydrogens (tertiary/aromatic N) is 1. The molecule has 9 nitrogen and oxygen atoms in total. The van der Waals surface area contributed by atoms with Crippen molar-refractivity contribution in [3.63, 3.8) is 0 Å². The maximum Gasteiger partial charge on any atom is 0.326 e. The highest BCUT2D eigenvalue weighted by molar-refractivity contribution is 5.86. The van der Waals surface area contributed by atoms with Crippen LogP contribution in [-0.2, 0) is 9.59 Å². The maximum atomic E-state index is 11.8. The van der Waals surface area contributed by atoms with Crippen LogP contribution in [0.2, 0.25) is 0 Å². The first-order chi connectivity index (χ1) is 9.88. The molecule has 0 unspecified atom stereocenters. The summed E-state index contributed by atoms with van der Waals surface area (Å²) < 4.78 is 0. The predicted octanol–water partition coefficient (Wildman–Crippen LogP) is -1.93. The molecule has 0 rings (SSSR count). The van der Waals surface area contributed by atoms with E-state index in [1.807, 2.05) is 0 Å². The molecule has 2 atom stereocenters. The van der Waals surface area contributed by atoms with Gasteiger partial charge in [-0.25, -0.2) is 4.79 Å². The van der Waals surface area contributed by atoms with E-state index in [-0.39, 0.29) is 12.4 Å². The number of hydrogen-bond acceptors (Lipinski definition) is 5. The minimum atomic E-state index is -1.11. The summed E-state index contributed by atoms with van der Waals surface area (Å²) in [4.78, 5) is 26.6. The molecule has 0 radical (unpaired) electrons. The predicted molar refractivity (Wildman–Crippen MR) is 80.4 cm³/mol. The normalized spacial score (nSPS) is 13.2. The van der Waals surface area contributed by atoms with E-state index in [0.717, 1.165) is 12.8 Å². The summed E-state index contributed by atoms with van der Waals surface area (Å²) in [6, 6.07) is -1.72. The Morgan fingerprint density at radius 3 is 2.33 bits per heavy atom. The number of nitrogens with two attached hydrogens (primary N) is 4. The first-order valence-corrected chi connectivity index (χ1v) is 6.92. The van der Waals surface area contributed by atoms with Crippen LogP contribution in [0.1, 0.15) is 32.1 Å². The number of nitrogens with one attached hydrogen (secondary N) is 1. The van der Waals surface area contributed by atoms with E-state index in [4.69, 9.17) is 28.0 Å². The quantitative estimate of drug-likeness (QED) is 0.0841. The van der Waals surface area contributed by atoms with Crippen molar-refractivity contribution in [3.8, 4) is 0 Å². The summed E-state index contributed by atoms with van der Waals surface area (Å²) in [6.45, 7) is 0.849. The SMILES string of the molecule is [15NH2][13CH2][13CH2][13CH2][13CH2][13C@H]([15NH2])[13C](=O)[15NH][13C@@H]([13CH2][13CH2][13CH2][15N]=[13C]([15NH2])[15NH2])[13C](=O)O. The summed E-state index contributed by atoms with van der Waals surface area (Å²) in [5.74, 6) is -1.63. The van der Waals surface area contributed by atoms with Crippen LogP contribution in [0.3, 0.4) is 0 Å². The number of guanidine groups is 1. The third kappa shape index (κ3) is 9.63. The number of rotatable bonds is 11. The van der Waals surface area contributed by atoms with Crippen LogP contribution in [0.25, 0.3) is 0 Å². The lowest BCUT2D eigenvalue weighted by Gasteiger charge is -2.17. The monoisotopic (exact) mass is 320 g/mol. The molecule has 0 aliphatic rings. The zero-order valence-electron chi connectivity index (χ0n) is 12.1. The third-order valence-electron chi connectivity index (χ3n) is 2.87. The van der Waals surface area contributed by atoms with Gasteiger partial charge in [0.1, 0.15) is 6.04 Å². The molecular formula is C12H26N6O3. The van der Waals surface area contributed by atoms with Crippen molar-refractivity contribution in [2.75, 3.05) is 13.1 Å². The van der Waals surface area contributed by atoms with Gasteiger partial charge in [0.25, 0.3) is 0 Å². The molecule has 10 N–H and O–H groups in total. The molecule has 0 bridgehead atoms. The van der Waals surface area contributed by atoms with Crippen molar-refractivity contribution < 1.29 is 14.7 Å². The molecule has 1 amide bonds. The molecule has 9 heteroatoms. The van der Waals surface area contributed by atoms with Crippen molar-refractivity contribution >= 4 is 17.8 Å². The van der Waals surface area contributed by atoms with E-state index in [2.05, 4.69) is 10.3 Å². The second-order valence-electron chi connectivity index (χ2n) is 4.74. The van der Waals surface area contributed by atoms with Crippen molar-refractivity contribution in [2.45, 2.75) is 44.2 Å². The Bertz CT molecular complexity index is 357. The molecule has 0 saturated heterocycles. The fourth-order valence-electron chi connectivity index (χ4n) is 1.68. The Morgan fingerprint density at radius 1 is 1.14 bits per heavy atom. The highest BCUT2D eigenvalue weighted by Gasteiger charge is 2.22. The topological polar surface area (TPSA) is 183 Å². The zero-order valence-corrected chi connectivity index (χ0v) is 12.1. The van der Waals surface area contributed by atoms with Crippen LogP contribution in [0.4, 0.5) is 0 Å². The zero-order chi connectivity index (χ0) is 16.3. The van der Waals surface area contributed by atoms with Crippen LogP contribution in [-0.4, -0.2) is 48.1 Å². The van der Waals surface area contributed by atoms with Gasteiger partial charge in [0, 0.05) is 6.54 Å². The molecular weight excluding hydrogens is 294 g/mol. The van der Waals surface area contributed by atoms with E-state index in [9.17, 15) is 9.59 Å². The van der Waals surface area contributed by atoms with Gasteiger partial charge in [-0.3, -0.25) is 9.79 Å². The highest BCUT2D eigenvalue weighted by Crippen LogP contribution is 2.02. The molecule has 0 aromatic rings. The summed E-state index contributed by atoms with van der Waals surface area (Å²) >= 11 is 0. The third-order valence-corrected chi connectivity index (χ3v) is 2.87. The van der Waals surface area contributed by atoms with Crippen LogP contribution in [0.15, 0.2) is 4.99 Å². The molecule has 0 heterocycles. The number of hydrogen-bond donors (Lipinski definition) is 6. The van der Waals surface area contributed by atoms with E-state index < -0.39 is 24.0 Å². The van der Waals surface area contributed by atoms with Gasteiger partial charge in [-0.15, -0.1) is 0 Å². The van der Waals surface area contributed by atoms with Crippen LogP contribution < -0.4 is 28.3 Å². The van der Waals surface area contributed by atoms with Gasteiger partial charge in [0.05, 0.1) is 6.04 Å². The van der Waals surface area contributed by atoms with E-state index in [1.54, 1.807) is 0 Å². The Balaban J connectivity index is 4.20. The fourth-order valence-corrected chi connectivity index (χ4v) is 1.68. The van der Waals surface area contributed by atoms with Gasteiger partial charge in [0.15, 0.2) is 5.96 Å². The van der Waals surface area contributed by atoms with Gasteiger partial charge >= 0.3 is 5.97 Å². The Morgan fingerprint density at radius 2 is 1.81 bits per heavy atom. The lowest BCUT2D eigenvalue weighted by atomic mass is 11.1. The average Bonchev–Trinajstić information content (AvgIpc) is 2.41. The minimum absolute atomic E-state index is 0.0483. The Hall–Kier alpha value is -1.87. The fraction of sp³-hybridized carbons (Fsp3) is 0.750. The number of carbonyl (C=O) groups is 2. The molecule has 0 saturated carbocycles. The van der Waals surface area contributed by atoms with Crippen molar-refractivity contribution in [3.05, 3.63) is 0 Å². The van der Waals surface area contributed by atoms with Crippen molar-refractivity contribution in [1.29, 1.82) is 0 Å². The van der Waals surface area contributed by atoms with Gasteiger partial charge in [-0.05, 0) is 32.2 Å². The average molecular weight is 320 g/mol. The molecule has 0 aliphatic heterocycles. The highest BCUT2D eigenvalue weighted by atomic mass is 16.5. The van der Waals surface area contributed by atoms with Gasteiger partial charge in [-0.2, -0.15) is 0 Å². The van der Waals surface area contributed by atoms with Gasteiger partial charge in [0.2, 0.25) is 5.91 Å². The number of carboxylic acid groups (broad SMARTS) is 1. The van der Waals surface area contributed by atoms with Crippen molar-refractivity contribution in [1.82, 2.24) is 5.32 Å². The number of aliphatic carboxylic acids is 1. The number of amides is 1. The minimum Gasteiger partial charge on any atom is -0.480 e. The number of unbranched alkanes of at least 4 members (excludes halogenated alkanes) is 1. The molecule has 0 aromatic carbocycles. The van der Waals surface area contributed by atoms with Crippen LogP contribution in [0.5, 0.6) is 0 Å². The first-order valence-electron chi connectivity index (χ1n) is 6.92. The molecule has 0 fully saturated rings. The summed E-state index contributed by atoms with van der Waals surface area (Å²) in [6.07, 6.45) is 2.66.